The van der Waals surface area contributed by atoms with Gasteiger partial charge in [0.2, 0.25) is 0 Å². The van der Waals surface area contributed by atoms with Crippen LogP contribution in [0.4, 0.5) is 0 Å². The van der Waals surface area contributed by atoms with Crippen LogP contribution in [0.25, 0.3) is 0 Å². The molecule has 1 saturated carbocycles. The second-order valence-electron chi connectivity index (χ2n) is 6.29. The van der Waals surface area contributed by atoms with Gasteiger partial charge in [-0.3, -0.25) is 0 Å². The largest absolute Gasteiger partial charge is 0.491 e. The summed E-state index contributed by atoms with van der Waals surface area (Å²) < 4.78 is 5.78. The lowest BCUT2D eigenvalue weighted by atomic mass is 9.81. The first kappa shape index (κ1) is 12.0. The maximum atomic E-state index is 5.78. The molecule has 0 aromatic heterocycles. The van der Waals surface area contributed by atoms with E-state index in [1.807, 2.05) is 0 Å². The molecule has 2 heteroatoms. The van der Waals surface area contributed by atoms with Crippen molar-refractivity contribution in [2.24, 2.45) is 0 Å². The molecule has 3 rings (SSSR count). The van der Waals surface area contributed by atoms with Crippen molar-refractivity contribution >= 4 is 0 Å². The Morgan fingerprint density at radius 3 is 2.78 bits per heavy atom. The van der Waals surface area contributed by atoms with Crippen molar-refractivity contribution in [3.63, 3.8) is 0 Å². The Balaban J connectivity index is 1.88. The van der Waals surface area contributed by atoms with Gasteiger partial charge in [-0.15, -0.1) is 0 Å². The van der Waals surface area contributed by atoms with Crippen LogP contribution >= 0.6 is 0 Å². The molecule has 1 aromatic rings. The standard InChI is InChI=1S/C16H23NO/c1-4-16(2,3)11-5-8-15-13(9-11)14(10-18-15)17-12-6-7-12/h5,8-9,12,14,17H,4,6-7,10H2,1-3H3. The summed E-state index contributed by atoms with van der Waals surface area (Å²) in [5, 5.41) is 3.68. The smallest absolute Gasteiger partial charge is 0.124 e. The molecule has 1 aromatic carbocycles. The molecule has 0 spiro atoms. The van der Waals surface area contributed by atoms with Crippen LogP contribution in [0.1, 0.15) is 57.2 Å². The summed E-state index contributed by atoms with van der Waals surface area (Å²) in [4.78, 5) is 0. The van der Waals surface area contributed by atoms with Gasteiger partial charge in [0, 0.05) is 11.6 Å². The topological polar surface area (TPSA) is 21.3 Å². The summed E-state index contributed by atoms with van der Waals surface area (Å²) in [7, 11) is 0. The number of ether oxygens (including phenoxy) is 1. The molecular formula is C16H23NO. The van der Waals surface area contributed by atoms with Crippen LogP contribution in [0.5, 0.6) is 5.75 Å². The van der Waals surface area contributed by atoms with Gasteiger partial charge < -0.3 is 10.1 Å². The number of nitrogens with one attached hydrogen (secondary N) is 1. The summed E-state index contributed by atoms with van der Waals surface area (Å²) in [6, 6.07) is 7.86. The minimum absolute atomic E-state index is 0.252. The first-order valence-corrected chi connectivity index (χ1v) is 7.13. The van der Waals surface area contributed by atoms with Crippen molar-refractivity contribution < 1.29 is 4.74 Å². The molecule has 18 heavy (non-hydrogen) atoms. The molecule has 1 N–H and O–H groups in total. The summed E-state index contributed by atoms with van der Waals surface area (Å²) in [6.45, 7) is 7.67. The SMILES string of the molecule is CCC(C)(C)c1ccc2c(c1)C(NC1CC1)CO2. The molecule has 0 amide bonds. The molecule has 0 saturated heterocycles. The predicted octanol–water partition coefficient (Wildman–Crippen LogP) is 3.56. The van der Waals surface area contributed by atoms with Crippen molar-refractivity contribution in [3.05, 3.63) is 29.3 Å². The molecule has 1 unspecified atom stereocenters. The molecule has 1 fully saturated rings. The van der Waals surface area contributed by atoms with Gasteiger partial charge in [0.15, 0.2) is 0 Å². The number of hydrogen-bond donors (Lipinski definition) is 1. The number of benzene rings is 1. The van der Waals surface area contributed by atoms with Gasteiger partial charge in [-0.05, 0) is 42.4 Å². The van der Waals surface area contributed by atoms with E-state index in [0.717, 1.165) is 24.8 Å². The molecule has 98 valence electrons. The Morgan fingerprint density at radius 2 is 2.11 bits per heavy atom. The highest BCUT2D eigenvalue weighted by atomic mass is 16.5. The summed E-state index contributed by atoms with van der Waals surface area (Å²) in [5.41, 5.74) is 3.04. The van der Waals surface area contributed by atoms with Crippen molar-refractivity contribution in [1.82, 2.24) is 5.32 Å². The number of rotatable bonds is 4. The molecule has 1 aliphatic heterocycles. The Hall–Kier alpha value is -1.02. The van der Waals surface area contributed by atoms with E-state index in [1.165, 1.54) is 24.0 Å². The van der Waals surface area contributed by atoms with Crippen LogP contribution in [-0.2, 0) is 5.41 Å². The quantitative estimate of drug-likeness (QED) is 0.875. The first-order chi connectivity index (χ1) is 8.60. The summed E-state index contributed by atoms with van der Waals surface area (Å²) in [6.07, 6.45) is 3.81. The zero-order valence-electron chi connectivity index (χ0n) is 11.6. The second-order valence-corrected chi connectivity index (χ2v) is 6.29. The van der Waals surface area contributed by atoms with E-state index in [4.69, 9.17) is 4.74 Å². The third kappa shape index (κ3) is 2.14. The van der Waals surface area contributed by atoms with Gasteiger partial charge in [0.1, 0.15) is 12.4 Å². The molecule has 0 bridgehead atoms. The Morgan fingerprint density at radius 1 is 1.33 bits per heavy atom. The van der Waals surface area contributed by atoms with Gasteiger partial charge in [-0.25, -0.2) is 0 Å². The molecule has 1 atom stereocenters. The lowest BCUT2D eigenvalue weighted by Crippen LogP contribution is -2.24. The first-order valence-electron chi connectivity index (χ1n) is 7.13. The second kappa shape index (κ2) is 4.27. The zero-order valence-corrected chi connectivity index (χ0v) is 11.6. The van der Waals surface area contributed by atoms with Crippen molar-refractivity contribution in [3.8, 4) is 5.75 Å². The van der Waals surface area contributed by atoms with E-state index >= 15 is 0 Å². The fraction of sp³-hybridized carbons (Fsp3) is 0.625. The predicted molar refractivity (Wildman–Crippen MR) is 74.2 cm³/mol. The number of fused-ring (bicyclic) bond motifs is 1. The van der Waals surface area contributed by atoms with Crippen LogP contribution < -0.4 is 10.1 Å². The summed E-state index contributed by atoms with van der Waals surface area (Å²) >= 11 is 0. The van der Waals surface area contributed by atoms with E-state index in [0.29, 0.717) is 6.04 Å². The molecule has 2 nitrogen and oxygen atoms in total. The van der Waals surface area contributed by atoms with Gasteiger partial charge in [-0.2, -0.15) is 0 Å². The van der Waals surface area contributed by atoms with Crippen molar-refractivity contribution in [2.75, 3.05) is 6.61 Å². The van der Waals surface area contributed by atoms with Crippen LogP contribution in [0.2, 0.25) is 0 Å². The fourth-order valence-electron chi connectivity index (χ4n) is 2.51. The maximum Gasteiger partial charge on any atom is 0.124 e. The molecule has 1 aliphatic carbocycles. The minimum Gasteiger partial charge on any atom is -0.491 e. The average Bonchev–Trinajstić information content (AvgIpc) is 3.10. The lowest BCUT2D eigenvalue weighted by molar-refractivity contribution is 0.310. The highest BCUT2D eigenvalue weighted by molar-refractivity contribution is 5.44. The van der Waals surface area contributed by atoms with Crippen LogP contribution in [0.3, 0.4) is 0 Å². The van der Waals surface area contributed by atoms with Crippen molar-refractivity contribution in [1.29, 1.82) is 0 Å². The van der Waals surface area contributed by atoms with Crippen LogP contribution in [0.15, 0.2) is 18.2 Å². The highest BCUT2D eigenvalue weighted by Crippen LogP contribution is 2.38. The zero-order chi connectivity index (χ0) is 12.8. The molecular weight excluding hydrogens is 222 g/mol. The Labute approximate surface area is 110 Å². The van der Waals surface area contributed by atoms with Crippen molar-refractivity contribution in [2.45, 2.75) is 57.5 Å². The van der Waals surface area contributed by atoms with E-state index < -0.39 is 0 Å². The van der Waals surface area contributed by atoms with E-state index in [9.17, 15) is 0 Å². The van der Waals surface area contributed by atoms with Crippen LogP contribution in [-0.4, -0.2) is 12.6 Å². The summed E-state index contributed by atoms with van der Waals surface area (Å²) in [5.74, 6) is 1.07. The van der Waals surface area contributed by atoms with Crippen LogP contribution in [0, 0.1) is 0 Å². The van der Waals surface area contributed by atoms with E-state index in [-0.39, 0.29) is 5.41 Å². The molecule has 1 heterocycles. The molecule has 2 aliphatic rings. The third-order valence-electron chi connectivity index (χ3n) is 4.47. The monoisotopic (exact) mass is 245 g/mol. The van der Waals surface area contributed by atoms with E-state index in [1.54, 1.807) is 0 Å². The highest BCUT2D eigenvalue weighted by Gasteiger charge is 2.31. The third-order valence-corrected chi connectivity index (χ3v) is 4.47. The Kier molecular flexibility index (Phi) is 2.86. The molecule has 0 radical (unpaired) electrons. The Bertz CT molecular complexity index is 448. The lowest BCUT2D eigenvalue weighted by Gasteiger charge is -2.24. The minimum atomic E-state index is 0.252. The van der Waals surface area contributed by atoms with Gasteiger partial charge in [0.25, 0.3) is 0 Å². The number of hydrogen-bond acceptors (Lipinski definition) is 2. The van der Waals surface area contributed by atoms with Gasteiger partial charge >= 0.3 is 0 Å². The average molecular weight is 245 g/mol. The fourth-order valence-corrected chi connectivity index (χ4v) is 2.51. The maximum absolute atomic E-state index is 5.78. The van der Waals surface area contributed by atoms with E-state index in [2.05, 4.69) is 44.3 Å². The van der Waals surface area contributed by atoms with Gasteiger partial charge in [0.05, 0.1) is 6.04 Å². The normalized spacial score (nSPS) is 22.7. The van der Waals surface area contributed by atoms with Gasteiger partial charge in [-0.1, -0.05) is 26.8 Å².